The van der Waals surface area contributed by atoms with Crippen LogP contribution in [0.2, 0.25) is 0 Å². The number of carbonyl (C=O) groups excluding carboxylic acids is 1. The number of benzene rings is 2. The number of ether oxygens (including phenoxy) is 1. The van der Waals surface area contributed by atoms with Crippen LogP contribution < -0.4 is 15.5 Å². The fraction of sp³-hybridized carbons (Fsp3) is 0.286. The average Bonchev–Trinajstić information content (AvgIpc) is 3.38. The van der Waals surface area contributed by atoms with Crippen LogP contribution in [-0.4, -0.2) is 37.7 Å². The maximum atomic E-state index is 12.3. The molecule has 1 amide bonds. The monoisotopic (exact) mass is 537 g/mol. The number of carbonyl (C=O) groups is 1. The predicted molar refractivity (Wildman–Crippen MR) is 146 cm³/mol. The van der Waals surface area contributed by atoms with E-state index in [1.165, 1.54) is 6.92 Å². The minimum Gasteiger partial charge on any atom is -0.475 e. The number of hydrogen-bond acceptors (Lipinski definition) is 8. The Morgan fingerprint density at radius 3 is 2.63 bits per heavy atom. The molecular formula is C28H31N3O6S. The SMILES string of the molecule is CCCC[C@@H](COc1ccc(-c2cc3ccccc3o2)cn1)Nc1cccc(C(=O)NOS(=O)(=O)CC)c1. The van der Waals surface area contributed by atoms with Crippen LogP contribution >= 0.6 is 0 Å². The van der Waals surface area contributed by atoms with Crippen molar-refractivity contribution in [2.75, 3.05) is 17.7 Å². The molecule has 0 saturated heterocycles. The lowest BCUT2D eigenvalue weighted by atomic mass is 10.1. The molecule has 0 spiro atoms. The molecule has 1 atom stereocenters. The van der Waals surface area contributed by atoms with Crippen molar-refractivity contribution in [2.24, 2.45) is 0 Å². The van der Waals surface area contributed by atoms with Gasteiger partial charge in [0.05, 0.1) is 11.8 Å². The Morgan fingerprint density at radius 2 is 1.89 bits per heavy atom. The fourth-order valence-electron chi connectivity index (χ4n) is 3.77. The van der Waals surface area contributed by atoms with Gasteiger partial charge >= 0.3 is 0 Å². The zero-order valence-electron chi connectivity index (χ0n) is 21.3. The maximum absolute atomic E-state index is 12.3. The number of nitrogens with one attached hydrogen (secondary N) is 2. The van der Waals surface area contributed by atoms with Gasteiger partial charge in [-0.1, -0.05) is 44.0 Å². The molecule has 0 bridgehead atoms. The van der Waals surface area contributed by atoms with Crippen molar-refractivity contribution < 1.29 is 26.7 Å². The molecule has 4 rings (SSSR count). The first kappa shape index (κ1) is 27.2. The zero-order valence-corrected chi connectivity index (χ0v) is 22.2. The predicted octanol–water partition coefficient (Wildman–Crippen LogP) is 5.56. The normalized spacial score (nSPS) is 12.3. The van der Waals surface area contributed by atoms with Gasteiger partial charge in [0.15, 0.2) is 0 Å². The summed E-state index contributed by atoms with van der Waals surface area (Å²) in [4.78, 5) is 16.8. The number of hydrogen-bond donors (Lipinski definition) is 2. The van der Waals surface area contributed by atoms with Crippen LogP contribution in [-0.2, 0) is 14.4 Å². The highest BCUT2D eigenvalue weighted by Gasteiger charge is 2.15. The lowest BCUT2D eigenvalue weighted by Gasteiger charge is -2.20. The Kier molecular flexibility index (Phi) is 8.98. The van der Waals surface area contributed by atoms with E-state index in [9.17, 15) is 13.2 Å². The van der Waals surface area contributed by atoms with Crippen LogP contribution in [0.5, 0.6) is 5.88 Å². The van der Waals surface area contributed by atoms with Crippen molar-refractivity contribution in [1.29, 1.82) is 0 Å². The molecule has 0 unspecified atom stereocenters. The van der Waals surface area contributed by atoms with E-state index in [-0.39, 0.29) is 17.4 Å². The standard InChI is InChI=1S/C28H31N3O6S/c1-3-5-11-24(30-23-12-8-10-21(16-23)28(32)31-37-38(33,34)4-2)19-35-27-15-14-22(18-29-27)26-17-20-9-6-7-13-25(20)36-26/h6-10,12-18,24,30H,3-5,11,19H2,1-2H3,(H,31,32)/t24-/m0/s1. The van der Waals surface area contributed by atoms with E-state index >= 15 is 0 Å². The summed E-state index contributed by atoms with van der Waals surface area (Å²) in [7, 11) is -3.80. The van der Waals surface area contributed by atoms with E-state index in [4.69, 9.17) is 9.15 Å². The number of furan rings is 1. The van der Waals surface area contributed by atoms with Crippen LogP contribution in [0.25, 0.3) is 22.3 Å². The molecule has 0 saturated carbocycles. The van der Waals surface area contributed by atoms with Gasteiger partial charge in [-0.15, -0.1) is 4.28 Å². The lowest BCUT2D eigenvalue weighted by Crippen LogP contribution is -2.29. The van der Waals surface area contributed by atoms with Crippen molar-refractivity contribution in [2.45, 2.75) is 39.2 Å². The smallest absolute Gasteiger partial charge is 0.287 e. The Labute approximate surface area is 222 Å². The summed E-state index contributed by atoms with van der Waals surface area (Å²) < 4.78 is 39.4. The number of anilines is 1. The number of unbranched alkanes of at least 4 members (excludes halogenated alkanes) is 1. The van der Waals surface area contributed by atoms with Gasteiger partial charge in [0.2, 0.25) is 5.88 Å². The molecule has 0 aliphatic carbocycles. The topological polar surface area (TPSA) is 120 Å². The van der Waals surface area contributed by atoms with Gasteiger partial charge in [-0.2, -0.15) is 8.42 Å². The molecule has 0 aliphatic heterocycles. The van der Waals surface area contributed by atoms with Crippen molar-refractivity contribution in [3.63, 3.8) is 0 Å². The molecule has 38 heavy (non-hydrogen) atoms. The zero-order chi connectivity index (χ0) is 27.0. The van der Waals surface area contributed by atoms with E-state index in [1.807, 2.05) is 54.0 Å². The van der Waals surface area contributed by atoms with Crippen molar-refractivity contribution in [3.05, 3.63) is 78.5 Å². The number of rotatable bonds is 13. The summed E-state index contributed by atoms with van der Waals surface area (Å²) in [6.07, 6.45) is 4.59. The van der Waals surface area contributed by atoms with E-state index in [0.717, 1.165) is 41.6 Å². The van der Waals surface area contributed by atoms with Gasteiger partial charge in [-0.25, -0.2) is 10.5 Å². The first-order chi connectivity index (χ1) is 18.4. The number of nitrogens with zero attached hydrogens (tertiary/aromatic N) is 1. The molecule has 4 aromatic rings. The van der Waals surface area contributed by atoms with Gasteiger partial charge in [0, 0.05) is 34.5 Å². The number of pyridine rings is 1. The molecule has 0 aliphatic rings. The second kappa shape index (κ2) is 12.6. The minimum atomic E-state index is -3.80. The second-order valence-corrected chi connectivity index (χ2v) is 10.6. The van der Waals surface area contributed by atoms with Gasteiger partial charge in [0.25, 0.3) is 16.0 Å². The van der Waals surface area contributed by atoms with Crippen molar-refractivity contribution >= 4 is 32.7 Å². The summed E-state index contributed by atoms with van der Waals surface area (Å²) in [6.45, 7) is 3.91. The summed E-state index contributed by atoms with van der Waals surface area (Å²) in [6, 6.07) is 20.3. The number of amides is 1. The molecular weight excluding hydrogens is 506 g/mol. The molecule has 0 radical (unpaired) electrons. The molecule has 2 aromatic carbocycles. The van der Waals surface area contributed by atoms with Gasteiger partial charge in [0.1, 0.15) is 18.0 Å². The van der Waals surface area contributed by atoms with Crippen molar-refractivity contribution in [3.8, 4) is 17.2 Å². The molecule has 9 nitrogen and oxygen atoms in total. The Morgan fingerprint density at radius 1 is 1.05 bits per heavy atom. The Balaban J connectivity index is 1.38. The maximum Gasteiger partial charge on any atom is 0.287 e. The molecule has 0 fully saturated rings. The third kappa shape index (κ3) is 7.33. The van der Waals surface area contributed by atoms with Crippen LogP contribution in [0, 0.1) is 0 Å². The summed E-state index contributed by atoms with van der Waals surface area (Å²) >= 11 is 0. The van der Waals surface area contributed by atoms with Crippen molar-refractivity contribution in [1.82, 2.24) is 10.5 Å². The van der Waals surface area contributed by atoms with Crippen LogP contribution in [0.4, 0.5) is 5.69 Å². The summed E-state index contributed by atoms with van der Waals surface area (Å²) in [5.74, 6) is 0.344. The third-order valence-corrected chi connectivity index (χ3v) is 6.94. The number of fused-ring (bicyclic) bond motifs is 1. The number of para-hydroxylation sites is 1. The van der Waals surface area contributed by atoms with E-state index < -0.39 is 16.0 Å². The quantitative estimate of drug-likeness (QED) is 0.213. The molecule has 2 aromatic heterocycles. The average molecular weight is 538 g/mol. The minimum absolute atomic E-state index is 0.0400. The van der Waals surface area contributed by atoms with E-state index in [2.05, 4.69) is 21.5 Å². The summed E-state index contributed by atoms with van der Waals surface area (Å²) in [5, 5.41) is 4.44. The Bertz CT molecular complexity index is 1430. The highest BCUT2D eigenvalue weighted by atomic mass is 32.2. The highest BCUT2D eigenvalue weighted by Crippen LogP contribution is 2.28. The molecule has 2 N–H and O–H groups in total. The summed E-state index contributed by atoms with van der Waals surface area (Å²) in [5.41, 5.74) is 4.63. The highest BCUT2D eigenvalue weighted by molar-refractivity contribution is 7.86. The Hall–Kier alpha value is -3.89. The van der Waals surface area contributed by atoms with Crippen LogP contribution in [0.3, 0.4) is 0 Å². The number of aromatic nitrogens is 1. The third-order valence-electron chi connectivity index (χ3n) is 5.90. The van der Waals surface area contributed by atoms with E-state index in [1.54, 1.807) is 24.4 Å². The first-order valence-electron chi connectivity index (χ1n) is 12.5. The molecule has 200 valence electrons. The van der Waals surface area contributed by atoms with Gasteiger partial charge in [-0.05, 0) is 49.7 Å². The lowest BCUT2D eigenvalue weighted by molar-refractivity contribution is 0.0771. The fourth-order valence-corrected chi connectivity index (χ4v) is 4.09. The second-order valence-electron chi connectivity index (χ2n) is 8.77. The van der Waals surface area contributed by atoms with Gasteiger partial charge in [-0.3, -0.25) is 4.79 Å². The van der Waals surface area contributed by atoms with Crippen LogP contribution in [0.1, 0.15) is 43.5 Å². The number of hydroxylamine groups is 1. The molecule has 10 heteroatoms. The first-order valence-corrected chi connectivity index (χ1v) is 14.1. The largest absolute Gasteiger partial charge is 0.475 e. The van der Waals surface area contributed by atoms with E-state index in [0.29, 0.717) is 18.2 Å². The van der Waals surface area contributed by atoms with Gasteiger partial charge < -0.3 is 14.5 Å². The molecule has 2 heterocycles. The van der Waals surface area contributed by atoms with Crippen LogP contribution in [0.15, 0.2) is 77.3 Å².